The minimum atomic E-state index is -1.39. The third-order valence-corrected chi connectivity index (χ3v) is 5.63. The van der Waals surface area contributed by atoms with Crippen LogP contribution >= 0.6 is 0 Å². The molecule has 1 saturated heterocycles. The third-order valence-electron chi connectivity index (χ3n) is 5.63. The monoisotopic (exact) mass is 367 g/mol. The van der Waals surface area contributed by atoms with E-state index < -0.39 is 23.5 Å². The summed E-state index contributed by atoms with van der Waals surface area (Å²) in [5.41, 5.74) is 1.69. The summed E-state index contributed by atoms with van der Waals surface area (Å²) < 4.78 is 0. The van der Waals surface area contributed by atoms with Gasteiger partial charge in [0.15, 0.2) is 11.7 Å². The van der Waals surface area contributed by atoms with E-state index in [1.807, 2.05) is 25.1 Å². The number of ketones is 1. The molecule has 0 radical (unpaired) electrons. The number of nitrogens with zero attached hydrogens (tertiary/aromatic N) is 2. The summed E-state index contributed by atoms with van der Waals surface area (Å²) in [4.78, 5) is 39.3. The largest absolute Gasteiger partial charge is 0.339 e. The van der Waals surface area contributed by atoms with Crippen LogP contribution in [0.5, 0.6) is 0 Å². The summed E-state index contributed by atoms with van der Waals surface area (Å²) >= 11 is 0. The van der Waals surface area contributed by atoms with E-state index in [1.165, 1.54) is 0 Å². The number of carbonyl (C=O) groups is 3. The normalized spacial score (nSPS) is 21.1. The Kier molecular flexibility index (Phi) is 5.90. The van der Waals surface area contributed by atoms with Crippen molar-refractivity contribution in [3.63, 3.8) is 0 Å². The lowest BCUT2D eigenvalue weighted by molar-refractivity contribution is -0.132. The van der Waals surface area contributed by atoms with Crippen molar-refractivity contribution in [2.75, 3.05) is 11.9 Å². The van der Waals surface area contributed by atoms with Crippen molar-refractivity contribution in [1.29, 1.82) is 5.26 Å². The minimum absolute atomic E-state index is 0.0347. The molecule has 0 bridgehead atoms. The number of nitrogens with one attached hydrogen (secondary N) is 1. The Bertz CT molecular complexity index is 760. The number of carbonyl (C=O) groups excluding carboxylic acids is 3. The van der Waals surface area contributed by atoms with Crippen molar-refractivity contribution in [3.8, 4) is 6.07 Å². The van der Waals surface area contributed by atoms with Gasteiger partial charge in [-0.15, -0.1) is 0 Å². The first-order valence-electron chi connectivity index (χ1n) is 9.66. The van der Waals surface area contributed by atoms with Gasteiger partial charge in [0.05, 0.1) is 6.07 Å². The Labute approximate surface area is 159 Å². The molecule has 0 aromatic heterocycles. The highest BCUT2D eigenvalue weighted by Crippen LogP contribution is 2.31. The highest BCUT2D eigenvalue weighted by molar-refractivity contribution is 6.11. The van der Waals surface area contributed by atoms with Crippen LogP contribution in [0.2, 0.25) is 0 Å². The second-order valence-electron chi connectivity index (χ2n) is 7.39. The lowest BCUT2D eigenvalue weighted by Gasteiger charge is -2.24. The zero-order valence-corrected chi connectivity index (χ0v) is 15.6. The van der Waals surface area contributed by atoms with Crippen LogP contribution in [0.1, 0.15) is 44.6 Å². The van der Waals surface area contributed by atoms with Crippen LogP contribution in [0.25, 0.3) is 0 Å². The fourth-order valence-corrected chi connectivity index (χ4v) is 4.02. The van der Waals surface area contributed by atoms with Crippen molar-refractivity contribution < 1.29 is 14.4 Å². The number of anilines is 1. The van der Waals surface area contributed by atoms with Crippen molar-refractivity contribution in [3.05, 3.63) is 29.8 Å². The average molecular weight is 367 g/mol. The quantitative estimate of drug-likeness (QED) is 0.783. The van der Waals surface area contributed by atoms with Gasteiger partial charge >= 0.3 is 0 Å². The zero-order valence-electron chi connectivity index (χ0n) is 15.6. The number of nitriles is 1. The first kappa shape index (κ1) is 19.1. The predicted molar refractivity (Wildman–Crippen MR) is 101 cm³/mol. The molecule has 0 unspecified atom stereocenters. The Hall–Kier alpha value is -2.68. The van der Waals surface area contributed by atoms with Crippen LogP contribution in [0.3, 0.4) is 0 Å². The summed E-state index contributed by atoms with van der Waals surface area (Å²) in [6.45, 7) is 2.37. The van der Waals surface area contributed by atoms with E-state index in [-0.39, 0.29) is 18.4 Å². The summed E-state index contributed by atoms with van der Waals surface area (Å²) in [6, 6.07) is 9.35. The van der Waals surface area contributed by atoms with Crippen molar-refractivity contribution in [1.82, 2.24) is 4.90 Å². The van der Waals surface area contributed by atoms with E-state index in [1.54, 1.807) is 17.0 Å². The molecule has 3 rings (SSSR count). The van der Waals surface area contributed by atoms with E-state index >= 15 is 0 Å². The minimum Gasteiger partial charge on any atom is -0.339 e. The second kappa shape index (κ2) is 8.34. The van der Waals surface area contributed by atoms with Crippen LogP contribution in [0.15, 0.2) is 24.3 Å². The third kappa shape index (κ3) is 4.19. The number of rotatable bonds is 6. The Morgan fingerprint density at radius 3 is 2.52 bits per heavy atom. The first-order valence-corrected chi connectivity index (χ1v) is 9.66. The first-order chi connectivity index (χ1) is 13.0. The number of aryl methyl sites for hydroxylation is 1. The molecule has 1 N–H and O–H groups in total. The van der Waals surface area contributed by atoms with Gasteiger partial charge in [0.25, 0.3) is 0 Å². The van der Waals surface area contributed by atoms with Crippen molar-refractivity contribution in [2.45, 2.75) is 51.5 Å². The Morgan fingerprint density at radius 2 is 1.93 bits per heavy atom. The molecular formula is C21H25N3O3. The van der Waals surface area contributed by atoms with Gasteiger partial charge < -0.3 is 10.2 Å². The van der Waals surface area contributed by atoms with Crippen LogP contribution in [-0.2, 0) is 20.8 Å². The van der Waals surface area contributed by atoms with Crippen LogP contribution < -0.4 is 5.32 Å². The number of hydrogen-bond acceptors (Lipinski definition) is 4. The van der Waals surface area contributed by atoms with E-state index in [9.17, 15) is 19.6 Å². The van der Waals surface area contributed by atoms with E-state index in [0.29, 0.717) is 12.2 Å². The number of benzene rings is 1. The van der Waals surface area contributed by atoms with Gasteiger partial charge in [-0.05, 0) is 37.0 Å². The molecule has 1 aliphatic carbocycles. The number of amides is 2. The molecule has 1 aromatic carbocycles. The molecule has 6 heteroatoms. The van der Waals surface area contributed by atoms with Gasteiger partial charge in [-0.3, -0.25) is 14.4 Å². The van der Waals surface area contributed by atoms with Crippen molar-refractivity contribution >= 4 is 23.3 Å². The van der Waals surface area contributed by atoms with Crippen LogP contribution in [0, 0.1) is 23.2 Å². The predicted octanol–water partition coefficient (Wildman–Crippen LogP) is 2.69. The smallest absolute Gasteiger partial charge is 0.249 e. The fraction of sp³-hybridized carbons (Fsp3) is 0.524. The highest BCUT2D eigenvalue weighted by Gasteiger charge is 2.42. The molecule has 1 aliphatic heterocycles. The molecule has 27 heavy (non-hydrogen) atoms. The van der Waals surface area contributed by atoms with Crippen molar-refractivity contribution in [2.24, 2.45) is 11.8 Å². The number of Topliss-reactive ketones (excluding diaryl/α,β-unsaturated/α-hetero) is 1. The van der Waals surface area contributed by atoms with E-state index in [0.717, 1.165) is 37.7 Å². The van der Waals surface area contributed by atoms with Gasteiger partial charge in [0, 0.05) is 30.6 Å². The molecule has 2 atom stereocenters. The lowest BCUT2D eigenvalue weighted by atomic mass is 9.92. The van der Waals surface area contributed by atoms with Crippen LogP contribution in [0.4, 0.5) is 5.69 Å². The van der Waals surface area contributed by atoms with E-state index in [4.69, 9.17) is 0 Å². The number of likely N-dealkylation sites (tertiary alicyclic amines) is 1. The topological polar surface area (TPSA) is 90.3 Å². The zero-order chi connectivity index (χ0) is 19.4. The summed E-state index contributed by atoms with van der Waals surface area (Å²) in [5, 5.41) is 12.0. The summed E-state index contributed by atoms with van der Waals surface area (Å²) in [5.74, 6) is -3.08. The van der Waals surface area contributed by atoms with Gasteiger partial charge in [-0.2, -0.15) is 5.26 Å². The van der Waals surface area contributed by atoms with E-state index in [2.05, 4.69) is 5.32 Å². The fourth-order valence-electron chi connectivity index (χ4n) is 4.02. The highest BCUT2D eigenvalue weighted by atomic mass is 16.2. The average Bonchev–Trinajstić information content (AvgIpc) is 3.32. The molecule has 1 aromatic rings. The molecule has 2 fully saturated rings. The van der Waals surface area contributed by atoms with Gasteiger partial charge in [0.2, 0.25) is 11.8 Å². The molecule has 142 valence electrons. The summed E-state index contributed by atoms with van der Waals surface area (Å²) in [7, 11) is 0. The Morgan fingerprint density at radius 1 is 1.26 bits per heavy atom. The summed E-state index contributed by atoms with van der Waals surface area (Å²) in [6.07, 6.45) is 5.15. The maximum Gasteiger partial charge on any atom is 0.249 e. The molecule has 1 saturated carbocycles. The lowest BCUT2D eigenvalue weighted by Crippen LogP contribution is -2.37. The molecule has 2 amide bonds. The molecule has 0 spiro atoms. The number of hydrogen-bond donors (Lipinski definition) is 1. The van der Waals surface area contributed by atoms with Gasteiger partial charge in [-0.25, -0.2) is 0 Å². The molecule has 6 nitrogen and oxygen atoms in total. The molecule has 2 aliphatic rings. The SMILES string of the molecule is CCc1ccc(NC(=O)[C@@H](C#N)C(=O)[C@@H]2CC(=O)N(C3CCCC3)C2)cc1. The standard InChI is InChI=1S/C21H25N3O3/c1-2-14-7-9-16(10-8-14)23-21(27)18(12-22)20(26)15-11-19(25)24(13-15)17-5-3-4-6-17/h7-10,15,17-18H,2-6,11,13H2,1H3,(H,23,27)/t15-,18+/m1/s1. The second-order valence-corrected chi connectivity index (χ2v) is 7.39. The maximum atomic E-state index is 12.8. The van der Waals surface area contributed by atoms with Gasteiger partial charge in [0.1, 0.15) is 0 Å². The molecule has 1 heterocycles. The van der Waals surface area contributed by atoms with Crippen LogP contribution in [-0.4, -0.2) is 35.1 Å². The maximum absolute atomic E-state index is 12.8. The molecular weight excluding hydrogens is 342 g/mol. The van der Waals surface area contributed by atoms with Gasteiger partial charge in [-0.1, -0.05) is 31.9 Å². The Balaban J connectivity index is 1.63.